The zero-order valence-corrected chi connectivity index (χ0v) is 14.8. The smallest absolute Gasteiger partial charge is 0.260 e. The van der Waals surface area contributed by atoms with Gasteiger partial charge in [0, 0.05) is 12.1 Å². The lowest BCUT2D eigenvalue weighted by atomic mass is 10.1. The van der Waals surface area contributed by atoms with Gasteiger partial charge >= 0.3 is 0 Å². The Balaban J connectivity index is 1.97. The third-order valence-corrected chi connectivity index (χ3v) is 4.36. The molecule has 5 heteroatoms. The van der Waals surface area contributed by atoms with E-state index in [1.54, 1.807) is 30.1 Å². The van der Waals surface area contributed by atoms with Gasteiger partial charge in [0.05, 0.1) is 10.5 Å². The lowest BCUT2D eigenvalue weighted by Crippen LogP contribution is -2.33. The van der Waals surface area contributed by atoms with Gasteiger partial charge in [0.15, 0.2) is 6.61 Å². The first-order chi connectivity index (χ1) is 10.5. The third kappa shape index (κ3) is 4.24. The molecule has 1 unspecified atom stereocenters. The van der Waals surface area contributed by atoms with Crippen molar-refractivity contribution in [3.05, 3.63) is 63.6 Å². The second-order valence-electron chi connectivity index (χ2n) is 4.95. The molecule has 2 aromatic carbocycles. The Morgan fingerprint density at radius 1 is 1.27 bits per heavy atom. The second-order valence-corrected chi connectivity index (χ2v) is 6.25. The monoisotopic (exact) mass is 381 g/mol. The molecule has 2 aromatic rings. The highest BCUT2D eigenvalue weighted by molar-refractivity contribution is 9.10. The van der Waals surface area contributed by atoms with Crippen molar-refractivity contribution in [3.63, 3.8) is 0 Å². The number of rotatable bonds is 5. The minimum atomic E-state index is -0.0850. The highest BCUT2D eigenvalue weighted by Gasteiger charge is 2.18. The number of ether oxygens (including phenoxy) is 1. The molecule has 0 saturated heterocycles. The molecule has 116 valence electrons. The van der Waals surface area contributed by atoms with E-state index in [1.807, 2.05) is 37.3 Å². The maximum Gasteiger partial charge on any atom is 0.260 e. The highest BCUT2D eigenvalue weighted by Crippen LogP contribution is 2.28. The van der Waals surface area contributed by atoms with Crippen molar-refractivity contribution in [2.24, 2.45) is 0 Å². The average molecular weight is 383 g/mol. The average Bonchev–Trinajstić information content (AvgIpc) is 2.53. The largest absolute Gasteiger partial charge is 0.483 e. The molecule has 0 heterocycles. The lowest BCUT2D eigenvalue weighted by molar-refractivity contribution is -0.134. The van der Waals surface area contributed by atoms with Crippen LogP contribution >= 0.6 is 27.5 Å². The van der Waals surface area contributed by atoms with Gasteiger partial charge in [-0.25, -0.2) is 0 Å². The molecular weight excluding hydrogens is 366 g/mol. The van der Waals surface area contributed by atoms with Crippen molar-refractivity contribution in [2.45, 2.75) is 13.0 Å². The van der Waals surface area contributed by atoms with E-state index in [0.29, 0.717) is 10.8 Å². The summed E-state index contributed by atoms with van der Waals surface area (Å²) in [5, 5.41) is 0.611. The van der Waals surface area contributed by atoms with Crippen LogP contribution < -0.4 is 4.74 Å². The van der Waals surface area contributed by atoms with Crippen molar-refractivity contribution in [1.82, 2.24) is 4.90 Å². The van der Waals surface area contributed by atoms with Crippen molar-refractivity contribution < 1.29 is 9.53 Å². The molecule has 0 radical (unpaired) electrons. The molecule has 1 amide bonds. The Labute approximate surface area is 144 Å². The summed E-state index contributed by atoms with van der Waals surface area (Å²) < 4.78 is 6.29. The number of nitrogens with zero attached hydrogens (tertiary/aromatic N) is 1. The van der Waals surface area contributed by atoms with Crippen molar-refractivity contribution in [1.29, 1.82) is 0 Å². The van der Waals surface area contributed by atoms with Crippen LogP contribution in [0.25, 0.3) is 0 Å². The topological polar surface area (TPSA) is 29.5 Å². The number of amides is 1. The quantitative estimate of drug-likeness (QED) is 0.750. The van der Waals surface area contributed by atoms with E-state index in [-0.39, 0.29) is 18.6 Å². The van der Waals surface area contributed by atoms with Crippen LogP contribution in [-0.4, -0.2) is 24.5 Å². The Morgan fingerprint density at radius 3 is 2.59 bits per heavy atom. The van der Waals surface area contributed by atoms with E-state index in [1.165, 1.54) is 0 Å². The van der Waals surface area contributed by atoms with Crippen molar-refractivity contribution in [2.75, 3.05) is 13.7 Å². The number of likely N-dealkylation sites (N-methyl/N-ethyl adjacent to an activating group) is 1. The number of benzene rings is 2. The van der Waals surface area contributed by atoms with Gasteiger partial charge < -0.3 is 9.64 Å². The fraction of sp³-hybridized carbons (Fsp3) is 0.235. The molecule has 0 saturated carbocycles. The van der Waals surface area contributed by atoms with E-state index >= 15 is 0 Å². The van der Waals surface area contributed by atoms with Crippen LogP contribution in [0.2, 0.25) is 5.02 Å². The molecule has 0 N–H and O–H groups in total. The number of hydrogen-bond acceptors (Lipinski definition) is 2. The standard InChI is InChI=1S/C17H17BrClNO2/c1-12(13-6-4-3-5-7-13)20(2)17(21)11-22-16-9-8-14(19)10-15(16)18/h3-10,12H,11H2,1-2H3. The van der Waals surface area contributed by atoms with Crippen LogP contribution in [0.5, 0.6) is 5.75 Å². The fourth-order valence-corrected chi connectivity index (χ4v) is 2.80. The van der Waals surface area contributed by atoms with Crippen LogP contribution in [0.4, 0.5) is 0 Å². The van der Waals surface area contributed by atoms with Crippen LogP contribution in [0.15, 0.2) is 53.0 Å². The minimum Gasteiger partial charge on any atom is -0.483 e. The van der Waals surface area contributed by atoms with Crippen LogP contribution in [0.3, 0.4) is 0 Å². The summed E-state index contributed by atoms with van der Waals surface area (Å²) in [5.41, 5.74) is 1.09. The first-order valence-corrected chi connectivity index (χ1v) is 8.04. The first kappa shape index (κ1) is 16.8. The van der Waals surface area contributed by atoms with E-state index in [9.17, 15) is 4.79 Å². The molecule has 0 aliphatic rings. The molecule has 3 nitrogen and oxygen atoms in total. The molecule has 2 rings (SSSR count). The molecule has 0 aliphatic heterocycles. The normalized spacial score (nSPS) is 11.8. The van der Waals surface area contributed by atoms with E-state index < -0.39 is 0 Å². The first-order valence-electron chi connectivity index (χ1n) is 6.87. The van der Waals surface area contributed by atoms with Gasteiger partial charge in [0.25, 0.3) is 5.91 Å². The minimum absolute atomic E-state index is 0.00837. The maximum absolute atomic E-state index is 12.3. The van der Waals surface area contributed by atoms with E-state index in [4.69, 9.17) is 16.3 Å². The van der Waals surface area contributed by atoms with Gasteiger partial charge in [0.2, 0.25) is 0 Å². The Kier molecular flexibility index (Phi) is 5.86. The molecule has 0 bridgehead atoms. The summed E-state index contributed by atoms with van der Waals surface area (Å²) in [4.78, 5) is 13.9. The summed E-state index contributed by atoms with van der Waals surface area (Å²) in [5.74, 6) is 0.511. The van der Waals surface area contributed by atoms with Crippen LogP contribution in [-0.2, 0) is 4.79 Å². The van der Waals surface area contributed by atoms with Crippen LogP contribution in [0, 0.1) is 0 Å². The lowest BCUT2D eigenvalue weighted by Gasteiger charge is -2.25. The maximum atomic E-state index is 12.3. The zero-order chi connectivity index (χ0) is 16.1. The number of halogens is 2. The Bertz CT molecular complexity index is 648. The molecule has 1 atom stereocenters. The molecule has 0 spiro atoms. The van der Waals surface area contributed by atoms with Gasteiger partial charge in [0.1, 0.15) is 5.75 Å². The summed E-state index contributed by atoms with van der Waals surface area (Å²) in [7, 11) is 1.78. The summed E-state index contributed by atoms with van der Waals surface area (Å²) in [6.07, 6.45) is 0. The van der Waals surface area contributed by atoms with Gasteiger partial charge in [-0.2, -0.15) is 0 Å². The molecule has 0 aliphatic carbocycles. The van der Waals surface area contributed by atoms with E-state index in [0.717, 1.165) is 10.0 Å². The molecule has 0 aromatic heterocycles. The van der Waals surface area contributed by atoms with E-state index in [2.05, 4.69) is 15.9 Å². The predicted octanol–water partition coefficient (Wildman–Crippen LogP) is 4.70. The van der Waals surface area contributed by atoms with Gasteiger partial charge in [-0.05, 0) is 46.6 Å². The summed E-state index contributed by atoms with van der Waals surface area (Å²) in [6.45, 7) is 1.97. The van der Waals surface area contributed by atoms with Gasteiger partial charge in [-0.1, -0.05) is 41.9 Å². The fourth-order valence-electron chi connectivity index (χ4n) is 2.00. The molecule has 0 fully saturated rings. The van der Waals surface area contributed by atoms with Crippen LogP contribution in [0.1, 0.15) is 18.5 Å². The number of carbonyl (C=O) groups excluding carboxylic acids is 1. The highest BCUT2D eigenvalue weighted by atomic mass is 79.9. The molecule has 22 heavy (non-hydrogen) atoms. The van der Waals surface area contributed by atoms with Gasteiger partial charge in [-0.15, -0.1) is 0 Å². The summed E-state index contributed by atoms with van der Waals surface area (Å²) >= 11 is 9.24. The SMILES string of the molecule is CC(c1ccccc1)N(C)C(=O)COc1ccc(Cl)cc1Br. The Hall–Kier alpha value is -1.52. The number of hydrogen-bond donors (Lipinski definition) is 0. The Morgan fingerprint density at radius 2 is 1.95 bits per heavy atom. The zero-order valence-electron chi connectivity index (χ0n) is 12.4. The third-order valence-electron chi connectivity index (χ3n) is 3.50. The van der Waals surface area contributed by atoms with Gasteiger partial charge in [-0.3, -0.25) is 4.79 Å². The number of carbonyl (C=O) groups is 1. The van der Waals surface area contributed by atoms with Crippen molar-refractivity contribution in [3.8, 4) is 5.75 Å². The predicted molar refractivity (Wildman–Crippen MR) is 92.3 cm³/mol. The second kappa shape index (κ2) is 7.65. The molecular formula is C17H17BrClNO2. The summed E-state index contributed by atoms with van der Waals surface area (Å²) in [6, 6.07) is 15.1. The van der Waals surface area contributed by atoms with Crippen molar-refractivity contribution >= 4 is 33.4 Å².